The molecule has 0 aromatic heterocycles. The Balaban J connectivity index is 1.62. The van der Waals surface area contributed by atoms with Crippen LogP contribution in [0.1, 0.15) is 15.9 Å². The lowest BCUT2D eigenvalue weighted by atomic mass is 10.1. The van der Waals surface area contributed by atoms with Crippen molar-refractivity contribution < 1.29 is 27.8 Å². The highest BCUT2D eigenvalue weighted by Crippen LogP contribution is 2.33. The summed E-state index contributed by atoms with van der Waals surface area (Å²) in [6.07, 6.45) is 0.448. The molecule has 0 aliphatic carbocycles. The second-order valence-electron chi connectivity index (χ2n) is 5.16. The van der Waals surface area contributed by atoms with Gasteiger partial charge in [0.05, 0.1) is 10.5 Å². The van der Waals surface area contributed by atoms with Gasteiger partial charge in [-0.15, -0.1) is 0 Å². The van der Waals surface area contributed by atoms with Gasteiger partial charge in [-0.25, -0.2) is 17.9 Å². The number of aromatic carboxylic acids is 1. The number of nitrogens with one attached hydrogen (secondary N) is 1. The molecule has 1 aliphatic heterocycles. The highest BCUT2D eigenvalue weighted by Gasteiger charge is 2.19. The number of hydrogen-bond acceptors (Lipinski definition) is 5. The molecule has 2 aromatic rings. The normalized spacial score (nSPS) is 13.0. The lowest BCUT2D eigenvalue weighted by molar-refractivity contribution is 0.0697. The molecule has 1 heterocycles. The number of carbonyl (C=O) groups is 1. The van der Waals surface area contributed by atoms with Gasteiger partial charge in [0.1, 0.15) is 0 Å². The van der Waals surface area contributed by atoms with Crippen LogP contribution in [0.5, 0.6) is 11.5 Å². The number of sulfonamides is 1. The number of ether oxygens (including phenoxy) is 2. The molecular formula is C16H15NO6S. The number of carboxylic acid groups (broad SMARTS) is 1. The summed E-state index contributed by atoms with van der Waals surface area (Å²) in [5, 5.41) is 8.84. The highest BCUT2D eigenvalue weighted by atomic mass is 32.2. The number of hydrogen-bond donors (Lipinski definition) is 2. The van der Waals surface area contributed by atoms with Gasteiger partial charge < -0.3 is 14.6 Å². The van der Waals surface area contributed by atoms with Gasteiger partial charge in [-0.2, -0.15) is 0 Å². The van der Waals surface area contributed by atoms with Gasteiger partial charge in [0.2, 0.25) is 16.8 Å². The monoisotopic (exact) mass is 349 g/mol. The van der Waals surface area contributed by atoms with E-state index in [1.807, 2.05) is 0 Å². The fraction of sp³-hybridized carbons (Fsp3) is 0.188. The van der Waals surface area contributed by atoms with Crippen molar-refractivity contribution in [3.63, 3.8) is 0 Å². The molecule has 7 nitrogen and oxygen atoms in total. The quantitative estimate of drug-likeness (QED) is 0.822. The van der Waals surface area contributed by atoms with Crippen LogP contribution in [-0.4, -0.2) is 32.8 Å². The summed E-state index contributed by atoms with van der Waals surface area (Å²) in [6, 6.07) is 10.7. The van der Waals surface area contributed by atoms with Crippen molar-refractivity contribution in [1.82, 2.24) is 4.72 Å². The Labute approximate surface area is 138 Å². The molecular weight excluding hydrogens is 334 g/mol. The maximum atomic E-state index is 12.3. The van der Waals surface area contributed by atoms with Crippen molar-refractivity contribution in [2.75, 3.05) is 13.3 Å². The Bertz CT molecular complexity index is 861. The molecule has 0 saturated heterocycles. The van der Waals surface area contributed by atoms with Crippen molar-refractivity contribution in [2.45, 2.75) is 11.3 Å². The number of rotatable bonds is 6. The van der Waals surface area contributed by atoms with Crippen LogP contribution in [-0.2, 0) is 16.4 Å². The van der Waals surface area contributed by atoms with E-state index in [4.69, 9.17) is 14.6 Å². The molecule has 0 radical (unpaired) electrons. The van der Waals surface area contributed by atoms with Crippen LogP contribution >= 0.6 is 0 Å². The maximum Gasteiger partial charge on any atom is 0.335 e. The van der Waals surface area contributed by atoms with Gasteiger partial charge >= 0.3 is 5.97 Å². The summed E-state index contributed by atoms with van der Waals surface area (Å²) in [5.74, 6) is -0.0698. The molecule has 0 bridgehead atoms. The Hall–Kier alpha value is -2.58. The lowest BCUT2D eigenvalue weighted by Gasteiger charge is -2.08. The first kappa shape index (κ1) is 16.3. The van der Waals surface area contributed by atoms with Crippen LogP contribution < -0.4 is 14.2 Å². The molecule has 0 unspecified atom stereocenters. The largest absolute Gasteiger partial charge is 0.478 e. The Kier molecular flexibility index (Phi) is 4.41. The summed E-state index contributed by atoms with van der Waals surface area (Å²) >= 11 is 0. The first-order valence-electron chi connectivity index (χ1n) is 7.17. The van der Waals surface area contributed by atoms with Crippen molar-refractivity contribution in [1.29, 1.82) is 0 Å². The third-order valence-corrected chi connectivity index (χ3v) is 5.02. The Morgan fingerprint density at radius 2 is 1.79 bits per heavy atom. The third-order valence-electron chi connectivity index (χ3n) is 3.56. The summed E-state index contributed by atoms with van der Waals surface area (Å²) in [6.45, 7) is 0.280. The zero-order chi connectivity index (χ0) is 17.2. The first-order chi connectivity index (χ1) is 11.5. The molecule has 0 amide bonds. The van der Waals surface area contributed by atoms with E-state index in [0.29, 0.717) is 17.9 Å². The molecule has 24 heavy (non-hydrogen) atoms. The maximum absolute atomic E-state index is 12.3. The number of fused-ring (bicyclic) bond motifs is 1. The van der Waals surface area contributed by atoms with Crippen LogP contribution in [0, 0.1) is 0 Å². The fourth-order valence-electron chi connectivity index (χ4n) is 2.27. The highest BCUT2D eigenvalue weighted by molar-refractivity contribution is 7.89. The molecule has 0 fully saturated rings. The van der Waals surface area contributed by atoms with Crippen molar-refractivity contribution in [2.24, 2.45) is 0 Å². The van der Waals surface area contributed by atoms with Crippen molar-refractivity contribution >= 4 is 16.0 Å². The zero-order valence-electron chi connectivity index (χ0n) is 12.6. The minimum absolute atomic E-state index is 0.0819. The van der Waals surface area contributed by atoms with Crippen LogP contribution in [0.4, 0.5) is 0 Å². The SMILES string of the molecule is O=C(O)c1ccc(CCNS(=O)(=O)c2ccc3c(c2)OCO3)cc1. The summed E-state index contributed by atoms with van der Waals surface area (Å²) in [5.41, 5.74) is 1.04. The predicted octanol–water partition coefficient (Wildman–Crippen LogP) is 1.63. The molecule has 8 heteroatoms. The van der Waals surface area contributed by atoms with E-state index in [1.54, 1.807) is 18.2 Å². The van der Waals surface area contributed by atoms with E-state index in [-0.39, 0.29) is 23.8 Å². The van der Waals surface area contributed by atoms with E-state index in [1.165, 1.54) is 24.3 Å². The molecule has 1 aliphatic rings. The summed E-state index contributed by atoms with van der Waals surface area (Å²) in [4.78, 5) is 10.9. The van der Waals surface area contributed by atoms with Crippen LogP contribution in [0.3, 0.4) is 0 Å². The third kappa shape index (κ3) is 3.50. The van der Waals surface area contributed by atoms with Gasteiger partial charge in [0, 0.05) is 12.6 Å². The summed E-state index contributed by atoms with van der Waals surface area (Å²) < 4.78 is 37.4. The molecule has 3 rings (SSSR count). The fourth-order valence-corrected chi connectivity index (χ4v) is 3.32. The van der Waals surface area contributed by atoms with E-state index in [9.17, 15) is 13.2 Å². The van der Waals surface area contributed by atoms with Gasteiger partial charge in [-0.1, -0.05) is 12.1 Å². The van der Waals surface area contributed by atoms with Crippen molar-refractivity contribution in [3.05, 3.63) is 53.6 Å². The van der Waals surface area contributed by atoms with Crippen LogP contribution in [0.25, 0.3) is 0 Å². The van der Waals surface area contributed by atoms with Crippen LogP contribution in [0.2, 0.25) is 0 Å². The second kappa shape index (κ2) is 6.50. The van der Waals surface area contributed by atoms with Crippen LogP contribution in [0.15, 0.2) is 47.4 Å². The van der Waals surface area contributed by atoms with Gasteiger partial charge in [0.15, 0.2) is 11.5 Å². The number of benzene rings is 2. The Morgan fingerprint density at radius 3 is 2.50 bits per heavy atom. The molecule has 0 saturated carbocycles. The Morgan fingerprint density at radius 1 is 1.08 bits per heavy atom. The van der Waals surface area contributed by atoms with E-state index in [2.05, 4.69) is 4.72 Å². The van der Waals surface area contributed by atoms with E-state index >= 15 is 0 Å². The topological polar surface area (TPSA) is 102 Å². The van der Waals surface area contributed by atoms with E-state index in [0.717, 1.165) is 5.56 Å². The minimum Gasteiger partial charge on any atom is -0.478 e. The average molecular weight is 349 g/mol. The minimum atomic E-state index is -3.65. The zero-order valence-corrected chi connectivity index (χ0v) is 13.4. The molecule has 2 aromatic carbocycles. The molecule has 0 atom stereocenters. The second-order valence-corrected chi connectivity index (χ2v) is 6.93. The predicted molar refractivity (Wildman–Crippen MR) is 84.9 cm³/mol. The average Bonchev–Trinajstić information content (AvgIpc) is 3.02. The van der Waals surface area contributed by atoms with Crippen molar-refractivity contribution in [3.8, 4) is 11.5 Å². The molecule has 0 spiro atoms. The van der Waals surface area contributed by atoms with Gasteiger partial charge in [0.25, 0.3) is 0 Å². The molecule has 126 valence electrons. The summed E-state index contributed by atoms with van der Waals surface area (Å²) in [7, 11) is -3.65. The number of carboxylic acids is 1. The lowest BCUT2D eigenvalue weighted by Crippen LogP contribution is -2.26. The standard InChI is InChI=1S/C16H15NO6S/c18-16(19)12-3-1-11(2-4-12)7-8-17-24(20,21)13-5-6-14-15(9-13)23-10-22-14/h1-6,9,17H,7-8,10H2,(H,18,19). The molecule has 2 N–H and O–H groups in total. The van der Waals surface area contributed by atoms with Gasteiger partial charge in [-0.05, 0) is 36.2 Å². The first-order valence-corrected chi connectivity index (χ1v) is 8.65. The smallest absolute Gasteiger partial charge is 0.335 e. The van der Waals surface area contributed by atoms with E-state index < -0.39 is 16.0 Å². The van der Waals surface area contributed by atoms with Gasteiger partial charge in [-0.3, -0.25) is 0 Å².